The fraction of sp³-hybridized carbons (Fsp3) is 0.375. The molecule has 0 bridgehead atoms. The maximum Gasteiger partial charge on any atom is 0.416 e. The lowest BCUT2D eigenvalue weighted by Gasteiger charge is -2.36. The molecule has 3 rings (SSSR count). The van der Waals surface area contributed by atoms with E-state index in [0.717, 1.165) is 28.6 Å². The van der Waals surface area contributed by atoms with Gasteiger partial charge in [0, 0.05) is 35.1 Å². The van der Waals surface area contributed by atoms with Gasteiger partial charge in [-0.1, -0.05) is 26.8 Å². The molecule has 0 atom stereocenters. The quantitative estimate of drug-likeness (QED) is 0.324. The smallest absolute Gasteiger partial charge is 0.416 e. The van der Waals surface area contributed by atoms with Crippen LogP contribution in [0.1, 0.15) is 31.9 Å². The zero-order valence-electron chi connectivity index (χ0n) is 19.5. The van der Waals surface area contributed by atoms with Crippen molar-refractivity contribution >= 4 is 36.6 Å². The molecule has 178 valence electrons. The Morgan fingerprint density at radius 1 is 1.03 bits per heavy atom. The summed E-state index contributed by atoms with van der Waals surface area (Å²) >= 11 is 0. The minimum atomic E-state index is -4.48. The van der Waals surface area contributed by atoms with E-state index in [0.29, 0.717) is 18.7 Å². The molecule has 3 aromatic rings. The molecule has 0 aliphatic rings. The van der Waals surface area contributed by atoms with Crippen LogP contribution in [-0.2, 0) is 17.0 Å². The first kappa shape index (κ1) is 24.9. The number of aromatic nitrogens is 1. The summed E-state index contributed by atoms with van der Waals surface area (Å²) in [6.45, 7) is 11.5. The normalized spacial score (nSPS) is 12.7. The van der Waals surface area contributed by atoms with Crippen molar-refractivity contribution < 1.29 is 22.4 Å². The number of H-pyrrole nitrogens is 1. The van der Waals surface area contributed by atoms with Gasteiger partial charge in [-0.3, -0.25) is 0 Å². The van der Waals surface area contributed by atoms with E-state index in [1.807, 2.05) is 18.3 Å². The number of alkyl halides is 3. The van der Waals surface area contributed by atoms with Gasteiger partial charge in [-0.05, 0) is 66.5 Å². The fourth-order valence-electron chi connectivity index (χ4n) is 3.22. The molecule has 0 saturated carbocycles. The van der Waals surface area contributed by atoms with Gasteiger partial charge in [0.25, 0.3) is 0 Å². The molecule has 33 heavy (non-hydrogen) atoms. The summed E-state index contributed by atoms with van der Waals surface area (Å²) < 4.78 is 45.0. The van der Waals surface area contributed by atoms with Crippen molar-refractivity contribution in [1.29, 1.82) is 0 Å². The molecule has 0 fully saturated rings. The highest BCUT2D eigenvalue weighted by atomic mass is 28.4. The number of hydrogen-bond acceptors (Lipinski definition) is 2. The van der Waals surface area contributed by atoms with Crippen LogP contribution in [-0.4, -0.2) is 25.9 Å². The fourth-order valence-corrected chi connectivity index (χ4v) is 4.27. The van der Waals surface area contributed by atoms with E-state index in [1.165, 1.54) is 12.1 Å². The molecule has 2 aromatic carbocycles. The number of nitrogens with one attached hydrogen (secondary N) is 3. The lowest BCUT2D eigenvalue weighted by Crippen LogP contribution is -2.41. The van der Waals surface area contributed by atoms with Gasteiger partial charge < -0.3 is 20.0 Å². The highest BCUT2D eigenvalue weighted by Gasteiger charge is 2.37. The molecule has 0 aliphatic heterocycles. The minimum absolute atomic E-state index is 0.0614. The van der Waals surface area contributed by atoms with E-state index in [9.17, 15) is 18.0 Å². The number of urea groups is 1. The summed E-state index contributed by atoms with van der Waals surface area (Å²) in [7, 11) is -1.88. The average molecular weight is 478 g/mol. The zero-order chi connectivity index (χ0) is 24.4. The van der Waals surface area contributed by atoms with Gasteiger partial charge in [-0.2, -0.15) is 13.2 Å². The predicted molar refractivity (Wildman–Crippen MR) is 129 cm³/mol. The van der Waals surface area contributed by atoms with Crippen LogP contribution in [0.3, 0.4) is 0 Å². The number of carbonyl (C=O) groups is 1. The van der Waals surface area contributed by atoms with Gasteiger partial charge in [0.15, 0.2) is 8.32 Å². The first-order valence-corrected chi connectivity index (χ1v) is 13.7. The van der Waals surface area contributed by atoms with E-state index in [4.69, 9.17) is 4.43 Å². The Hall–Kier alpha value is -2.78. The minimum Gasteiger partial charge on any atom is -0.416 e. The Bertz CT molecular complexity index is 1130. The largest absolute Gasteiger partial charge is 0.416 e. The van der Waals surface area contributed by atoms with Gasteiger partial charge in [0.05, 0.1) is 5.56 Å². The first-order chi connectivity index (χ1) is 15.3. The molecular weight excluding hydrogens is 447 g/mol. The van der Waals surface area contributed by atoms with Crippen molar-refractivity contribution in [2.45, 2.75) is 51.5 Å². The van der Waals surface area contributed by atoms with Crippen molar-refractivity contribution in [2.75, 3.05) is 17.2 Å². The van der Waals surface area contributed by atoms with Crippen molar-refractivity contribution in [1.82, 2.24) is 4.98 Å². The second-order valence-corrected chi connectivity index (χ2v) is 14.4. The van der Waals surface area contributed by atoms with Crippen LogP contribution in [0.2, 0.25) is 18.1 Å². The van der Waals surface area contributed by atoms with E-state index >= 15 is 0 Å². The summed E-state index contributed by atoms with van der Waals surface area (Å²) in [6.07, 6.45) is -1.98. The summed E-state index contributed by atoms with van der Waals surface area (Å²) in [6, 6.07) is 9.54. The SMILES string of the molecule is CC(C)(C)[Si](C)(C)OCCc1cc(NC(=O)Nc2cccc(C(F)(F)F)c2)cc2[nH]ccc12. The Kier molecular flexibility index (Phi) is 6.95. The van der Waals surface area contributed by atoms with Gasteiger partial charge in [0.1, 0.15) is 0 Å². The lowest BCUT2D eigenvalue weighted by atomic mass is 10.1. The van der Waals surface area contributed by atoms with E-state index < -0.39 is 26.1 Å². The number of carbonyl (C=O) groups excluding carboxylic acids is 1. The lowest BCUT2D eigenvalue weighted by molar-refractivity contribution is -0.137. The summed E-state index contributed by atoms with van der Waals surface area (Å²) in [4.78, 5) is 15.6. The van der Waals surface area contributed by atoms with Crippen molar-refractivity contribution in [3.8, 4) is 0 Å². The molecule has 0 saturated heterocycles. The van der Waals surface area contributed by atoms with Crippen LogP contribution in [0.4, 0.5) is 29.3 Å². The molecule has 5 nitrogen and oxygen atoms in total. The second-order valence-electron chi connectivity index (χ2n) is 9.59. The highest BCUT2D eigenvalue weighted by Crippen LogP contribution is 2.37. The number of amides is 2. The third-order valence-electron chi connectivity index (χ3n) is 6.10. The summed E-state index contributed by atoms with van der Waals surface area (Å²) in [5, 5.41) is 6.33. The second kappa shape index (κ2) is 9.22. The monoisotopic (exact) mass is 477 g/mol. The van der Waals surface area contributed by atoms with Crippen LogP contribution >= 0.6 is 0 Å². The summed E-state index contributed by atoms with van der Waals surface area (Å²) in [5.41, 5.74) is 1.65. The van der Waals surface area contributed by atoms with Crippen LogP contribution in [0.15, 0.2) is 48.7 Å². The Morgan fingerprint density at radius 3 is 2.39 bits per heavy atom. The predicted octanol–water partition coefficient (Wildman–Crippen LogP) is 7.40. The first-order valence-electron chi connectivity index (χ1n) is 10.8. The maximum atomic E-state index is 12.9. The molecule has 0 radical (unpaired) electrons. The van der Waals surface area contributed by atoms with Gasteiger partial charge in [-0.25, -0.2) is 4.79 Å². The van der Waals surface area contributed by atoms with Crippen molar-refractivity contribution in [2.24, 2.45) is 0 Å². The van der Waals surface area contributed by atoms with E-state index in [2.05, 4.69) is 49.5 Å². The van der Waals surface area contributed by atoms with Crippen molar-refractivity contribution in [3.63, 3.8) is 0 Å². The highest BCUT2D eigenvalue weighted by molar-refractivity contribution is 6.74. The summed E-state index contributed by atoms with van der Waals surface area (Å²) in [5.74, 6) is 0. The Labute approximate surface area is 192 Å². The molecular formula is C24H30F3N3O2Si. The molecule has 1 heterocycles. The van der Waals surface area contributed by atoms with Crippen LogP contribution in [0.25, 0.3) is 10.9 Å². The number of aromatic amines is 1. The molecule has 9 heteroatoms. The number of rotatable bonds is 6. The molecule has 3 N–H and O–H groups in total. The number of hydrogen-bond donors (Lipinski definition) is 3. The third-order valence-corrected chi connectivity index (χ3v) is 10.6. The zero-order valence-corrected chi connectivity index (χ0v) is 20.5. The third kappa shape index (κ3) is 6.17. The van der Waals surface area contributed by atoms with Crippen molar-refractivity contribution in [3.05, 3.63) is 59.8 Å². The standard InChI is InChI=1S/C24H30F3N3O2Si/c1-23(2,3)33(4,5)32-12-10-16-13-19(15-21-20(16)9-11-28-21)30-22(31)29-18-8-6-7-17(14-18)24(25,26)27/h6-9,11,13-15,28H,10,12H2,1-5H3,(H2,29,30,31). The molecule has 0 unspecified atom stereocenters. The van der Waals surface area contributed by atoms with Crippen LogP contribution in [0.5, 0.6) is 0 Å². The van der Waals surface area contributed by atoms with Gasteiger partial charge >= 0.3 is 12.2 Å². The molecule has 2 amide bonds. The number of fused-ring (bicyclic) bond motifs is 1. The topological polar surface area (TPSA) is 66.2 Å². The number of anilines is 2. The van der Waals surface area contributed by atoms with Crippen LogP contribution in [0, 0.1) is 0 Å². The maximum absolute atomic E-state index is 12.9. The average Bonchev–Trinajstić information content (AvgIpc) is 3.15. The molecule has 0 aliphatic carbocycles. The van der Waals surface area contributed by atoms with Crippen LogP contribution < -0.4 is 10.6 Å². The Balaban J connectivity index is 1.72. The van der Waals surface area contributed by atoms with Gasteiger partial charge in [0.2, 0.25) is 0 Å². The van der Waals surface area contributed by atoms with E-state index in [1.54, 1.807) is 6.07 Å². The van der Waals surface area contributed by atoms with Gasteiger partial charge in [-0.15, -0.1) is 0 Å². The number of halogens is 3. The Morgan fingerprint density at radius 2 is 1.73 bits per heavy atom. The molecule has 1 aromatic heterocycles. The van der Waals surface area contributed by atoms with E-state index in [-0.39, 0.29) is 10.7 Å². The number of benzene rings is 2. The molecule has 0 spiro atoms.